The van der Waals surface area contributed by atoms with E-state index in [1.165, 1.54) is 27.8 Å². The Morgan fingerprint density at radius 1 is 1.22 bits per heavy atom. The molecule has 2 aromatic rings. The fraction of sp³-hybridized carbons (Fsp3) is 0.400. The molecule has 1 heterocycles. The first kappa shape index (κ1) is 12.8. The Morgan fingerprint density at radius 2 is 1.83 bits per heavy atom. The summed E-state index contributed by atoms with van der Waals surface area (Å²) >= 11 is 0. The van der Waals surface area contributed by atoms with Crippen LogP contribution in [0.25, 0.3) is 0 Å². The van der Waals surface area contributed by atoms with E-state index in [2.05, 4.69) is 38.0 Å². The molecule has 0 radical (unpaired) electrons. The minimum atomic E-state index is 0.0369. The lowest BCUT2D eigenvalue weighted by Gasteiger charge is -2.17. The second kappa shape index (κ2) is 4.94. The molecular weight excluding hydrogens is 222 g/mol. The summed E-state index contributed by atoms with van der Waals surface area (Å²) in [5.74, 6) is 0. The summed E-state index contributed by atoms with van der Waals surface area (Å²) in [5.41, 5.74) is 12.7. The molecular formula is C15H21N3. The topological polar surface area (TPSA) is 43.8 Å². The molecule has 0 aliphatic carbocycles. The van der Waals surface area contributed by atoms with Gasteiger partial charge in [-0.3, -0.25) is 4.68 Å². The molecule has 18 heavy (non-hydrogen) atoms. The van der Waals surface area contributed by atoms with Crippen molar-refractivity contribution in [1.29, 1.82) is 0 Å². The normalized spacial score (nSPS) is 12.7. The van der Waals surface area contributed by atoms with Gasteiger partial charge in [-0.1, -0.05) is 17.7 Å². The van der Waals surface area contributed by atoms with Crippen LogP contribution in [0.5, 0.6) is 0 Å². The van der Waals surface area contributed by atoms with Crippen LogP contribution in [0.4, 0.5) is 0 Å². The van der Waals surface area contributed by atoms with Crippen LogP contribution >= 0.6 is 0 Å². The third-order valence-corrected chi connectivity index (χ3v) is 3.32. The van der Waals surface area contributed by atoms with Crippen molar-refractivity contribution in [2.45, 2.75) is 33.2 Å². The minimum Gasteiger partial charge on any atom is -0.324 e. The van der Waals surface area contributed by atoms with E-state index < -0.39 is 0 Å². The fourth-order valence-corrected chi connectivity index (χ4v) is 2.71. The largest absolute Gasteiger partial charge is 0.324 e. The van der Waals surface area contributed by atoms with Gasteiger partial charge in [-0.15, -0.1) is 0 Å². The Morgan fingerprint density at radius 3 is 2.33 bits per heavy atom. The van der Waals surface area contributed by atoms with E-state index in [4.69, 9.17) is 5.73 Å². The number of aryl methyl sites for hydroxylation is 4. The molecule has 0 bridgehead atoms. The third-order valence-electron chi connectivity index (χ3n) is 3.32. The lowest BCUT2D eigenvalue weighted by molar-refractivity contribution is 0.708. The van der Waals surface area contributed by atoms with Gasteiger partial charge in [0.1, 0.15) is 0 Å². The molecule has 2 rings (SSSR count). The standard InChI is InChI=1S/C15H21N3/c1-10-5-11(2)15(12(3)6-10)14(16)7-13-8-17-18(4)9-13/h5-6,8-9,14H,7,16H2,1-4H3. The Kier molecular flexibility index (Phi) is 3.53. The molecule has 1 aromatic heterocycles. The van der Waals surface area contributed by atoms with Gasteiger partial charge in [-0.05, 0) is 49.4 Å². The van der Waals surface area contributed by atoms with Crippen molar-refractivity contribution in [3.05, 3.63) is 52.3 Å². The molecule has 0 amide bonds. The summed E-state index contributed by atoms with van der Waals surface area (Å²) in [4.78, 5) is 0. The minimum absolute atomic E-state index is 0.0369. The quantitative estimate of drug-likeness (QED) is 0.900. The van der Waals surface area contributed by atoms with Crippen molar-refractivity contribution in [1.82, 2.24) is 9.78 Å². The number of hydrogen-bond donors (Lipinski definition) is 1. The highest BCUT2D eigenvalue weighted by molar-refractivity contribution is 5.40. The third kappa shape index (κ3) is 2.62. The van der Waals surface area contributed by atoms with E-state index in [1.807, 2.05) is 24.1 Å². The smallest absolute Gasteiger partial charge is 0.0522 e. The fourth-order valence-electron chi connectivity index (χ4n) is 2.71. The first-order chi connectivity index (χ1) is 8.47. The predicted molar refractivity (Wildman–Crippen MR) is 74.5 cm³/mol. The molecule has 96 valence electrons. The van der Waals surface area contributed by atoms with Crippen molar-refractivity contribution in [3.8, 4) is 0 Å². The summed E-state index contributed by atoms with van der Waals surface area (Å²) in [6.07, 6.45) is 4.75. The van der Waals surface area contributed by atoms with E-state index in [0.717, 1.165) is 6.42 Å². The zero-order valence-corrected chi connectivity index (χ0v) is 11.6. The number of hydrogen-bond acceptors (Lipinski definition) is 2. The second-order valence-electron chi connectivity index (χ2n) is 5.15. The van der Waals surface area contributed by atoms with Crippen LogP contribution in [0.3, 0.4) is 0 Å². The van der Waals surface area contributed by atoms with Gasteiger partial charge in [0.25, 0.3) is 0 Å². The molecule has 3 heteroatoms. The molecule has 0 saturated carbocycles. The monoisotopic (exact) mass is 243 g/mol. The lowest BCUT2D eigenvalue weighted by Crippen LogP contribution is -2.16. The summed E-state index contributed by atoms with van der Waals surface area (Å²) in [5, 5.41) is 4.18. The number of aromatic nitrogens is 2. The maximum absolute atomic E-state index is 6.35. The Balaban J connectivity index is 2.26. The highest BCUT2D eigenvalue weighted by atomic mass is 15.2. The average Bonchev–Trinajstić information content (AvgIpc) is 2.62. The van der Waals surface area contributed by atoms with Gasteiger partial charge < -0.3 is 5.73 Å². The van der Waals surface area contributed by atoms with Gasteiger partial charge in [-0.2, -0.15) is 5.10 Å². The van der Waals surface area contributed by atoms with Gasteiger partial charge in [0.15, 0.2) is 0 Å². The van der Waals surface area contributed by atoms with Crippen molar-refractivity contribution < 1.29 is 0 Å². The van der Waals surface area contributed by atoms with Gasteiger partial charge >= 0.3 is 0 Å². The first-order valence-electron chi connectivity index (χ1n) is 6.28. The molecule has 0 spiro atoms. The van der Waals surface area contributed by atoms with Crippen LogP contribution in [-0.2, 0) is 13.5 Å². The maximum atomic E-state index is 6.35. The van der Waals surface area contributed by atoms with E-state index in [-0.39, 0.29) is 6.04 Å². The average molecular weight is 243 g/mol. The summed E-state index contributed by atoms with van der Waals surface area (Å²) in [7, 11) is 1.93. The Labute approximate surface area is 109 Å². The second-order valence-corrected chi connectivity index (χ2v) is 5.15. The Hall–Kier alpha value is -1.61. The number of nitrogens with zero attached hydrogens (tertiary/aromatic N) is 2. The molecule has 1 aromatic carbocycles. The number of nitrogens with two attached hydrogens (primary N) is 1. The molecule has 0 fully saturated rings. The summed E-state index contributed by atoms with van der Waals surface area (Å²) < 4.78 is 1.82. The van der Waals surface area contributed by atoms with Gasteiger partial charge in [0.05, 0.1) is 6.20 Å². The van der Waals surface area contributed by atoms with Gasteiger partial charge in [0, 0.05) is 19.3 Å². The number of benzene rings is 1. The lowest BCUT2D eigenvalue weighted by atomic mass is 9.92. The molecule has 0 saturated heterocycles. The van der Waals surface area contributed by atoms with Crippen LogP contribution in [0, 0.1) is 20.8 Å². The first-order valence-corrected chi connectivity index (χ1v) is 6.28. The SMILES string of the molecule is Cc1cc(C)c(C(N)Cc2cnn(C)c2)c(C)c1. The predicted octanol–water partition coefficient (Wildman–Crippen LogP) is 2.59. The summed E-state index contributed by atoms with van der Waals surface area (Å²) in [6, 6.07) is 4.44. The highest BCUT2D eigenvalue weighted by Gasteiger charge is 2.13. The van der Waals surface area contributed by atoms with E-state index >= 15 is 0 Å². The zero-order chi connectivity index (χ0) is 13.3. The van der Waals surface area contributed by atoms with Crippen molar-refractivity contribution in [3.63, 3.8) is 0 Å². The van der Waals surface area contributed by atoms with Crippen molar-refractivity contribution in [2.75, 3.05) is 0 Å². The van der Waals surface area contributed by atoms with Crippen molar-refractivity contribution in [2.24, 2.45) is 12.8 Å². The maximum Gasteiger partial charge on any atom is 0.0522 e. The molecule has 2 N–H and O–H groups in total. The molecule has 1 unspecified atom stereocenters. The van der Waals surface area contributed by atoms with E-state index in [0.29, 0.717) is 0 Å². The molecule has 0 aliphatic rings. The highest BCUT2D eigenvalue weighted by Crippen LogP contribution is 2.24. The van der Waals surface area contributed by atoms with Crippen LogP contribution in [0.1, 0.15) is 33.9 Å². The van der Waals surface area contributed by atoms with Crippen LogP contribution < -0.4 is 5.73 Å². The molecule has 3 nitrogen and oxygen atoms in total. The number of rotatable bonds is 3. The van der Waals surface area contributed by atoms with Gasteiger partial charge in [0.2, 0.25) is 0 Å². The molecule has 0 aliphatic heterocycles. The van der Waals surface area contributed by atoms with Crippen LogP contribution in [0.15, 0.2) is 24.5 Å². The van der Waals surface area contributed by atoms with Crippen LogP contribution in [-0.4, -0.2) is 9.78 Å². The Bertz CT molecular complexity index is 532. The van der Waals surface area contributed by atoms with Gasteiger partial charge in [-0.25, -0.2) is 0 Å². The van der Waals surface area contributed by atoms with Crippen molar-refractivity contribution >= 4 is 0 Å². The zero-order valence-electron chi connectivity index (χ0n) is 11.6. The molecule has 1 atom stereocenters. The van der Waals surface area contributed by atoms with E-state index in [1.54, 1.807) is 0 Å². The van der Waals surface area contributed by atoms with E-state index in [9.17, 15) is 0 Å². The van der Waals surface area contributed by atoms with Crippen LogP contribution in [0.2, 0.25) is 0 Å². The summed E-state index contributed by atoms with van der Waals surface area (Å²) in [6.45, 7) is 6.40.